The molecule has 7 nitrogen and oxygen atoms in total. The highest BCUT2D eigenvalue weighted by molar-refractivity contribution is 6.04. The molecule has 3 aromatic carbocycles. The van der Waals surface area contributed by atoms with E-state index < -0.39 is 11.8 Å². The molecule has 3 aromatic rings. The number of ether oxygens (including phenoxy) is 2. The zero-order valence-electron chi connectivity index (χ0n) is 17.8. The van der Waals surface area contributed by atoms with Gasteiger partial charge in [0.2, 0.25) is 0 Å². The summed E-state index contributed by atoms with van der Waals surface area (Å²) in [7, 11) is 4.01. The minimum atomic E-state index is -0.637. The summed E-state index contributed by atoms with van der Waals surface area (Å²) in [5.74, 6) is 5.68. The molecular weight excluding hydrogens is 394 g/mol. The van der Waals surface area contributed by atoms with E-state index in [1.807, 2.05) is 50.5 Å². The van der Waals surface area contributed by atoms with Crippen molar-refractivity contribution in [2.45, 2.75) is 6.42 Å². The summed E-state index contributed by atoms with van der Waals surface area (Å²) in [6, 6.07) is 19.9. The highest BCUT2D eigenvalue weighted by atomic mass is 16.5. The minimum Gasteiger partial charge on any atom is -0.494 e. The van der Waals surface area contributed by atoms with E-state index in [-0.39, 0.29) is 6.61 Å². The molecule has 7 heteroatoms. The highest BCUT2D eigenvalue weighted by Gasteiger charge is 2.20. The molecule has 162 valence electrons. The number of hydrazine groups is 1. The van der Waals surface area contributed by atoms with Gasteiger partial charge < -0.3 is 14.4 Å². The Bertz CT molecular complexity index is 1030. The van der Waals surface area contributed by atoms with Crippen molar-refractivity contribution in [2.24, 2.45) is 5.84 Å². The van der Waals surface area contributed by atoms with Gasteiger partial charge in [-0.15, -0.1) is 0 Å². The van der Waals surface area contributed by atoms with Gasteiger partial charge in [0.05, 0.1) is 6.61 Å². The second-order valence-corrected chi connectivity index (χ2v) is 7.40. The molecule has 0 spiro atoms. The lowest BCUT2D eigenvalue weighted by Gasteiger charge is -2.16. The van der Waals surface area contributed by atoms with E-state index in [9.17, 15) is 9.59 Å². The molecule has 0 aliphatic heterocycles. The van der Waals surface area contributed by atoms with Crippen molar-refractivity contribution in [3.63, 3.8) is 0 Å². The number of hydrogen-bond acceptors (Lipinski definition) is 6. The van der Waals surface area contributed by atoms with Gasteiger partial charge in [-0.25, -0.2) is 10.9 Å². The fraction of sp³-hybridized carbons (Fsp3) is 0.250. The Hall–Kier alpha value is -3.42. The molecule has 0 aromatic heterocycles. The molecule has 0 saturated carbocycles. The molecule has 31 heavy (non-hydrogen) atoms. The summed E-state index contributed by atoms with van der Waals surface area (Å²) in [6.07, 6.45) is 0.899. The van der Waals surface area contributed by atoms with Gasteiger partial charge >= 0.3 is 0 Å². The topological polar surface area (TPSA) is 85.1 Å². The molecule has 0 saturated heterocycles. The number of rotatable bonds is 9. The van der Waals surface area contributed by atoms with Gasteiger partial charge in [0.15, 0.2) is 6.61 Å². The predicted molar refractivity (Wildman–Crippen MR) is 120 cm³/mol. The van der Waals surface area contributed by atoms with Crippen LogP contribution in [-0.4, -0.2) is 55.6 Å². The molecule has 0 bridgehead atoms. The van der Waals surface area contributed by atoms with Gasteiger partial charge in [-0.2, -0.15) is 0 Å². The quantitative estimate of drug-likeness (QED) is 0.247. The average molecular weight is 421 g/mol. The van der Waals surface area contributed by atoms with Gasteiger partial charge in [0, 0.05) is 12.1 Å². The van der Waals surface area contributed by atoms with Crippen LogP contribution in [0.15, 0.2) is 66.7 Å². The number of carbonyl (C=O) groups is 2. The third-order valence-electron chi connectivity index (χ3n) is 4.69. The number of amides is 2. The lowest BCUT2D eigenvalue weighted by Crippen LogP contribution is -2.45. The van der Waals surface area contributed by atoms with Crippen molar-refractivity contribution in [1.29, 1.82) is 0 Å². The third kappa shape index (κ3) is 6.28. The van der Waals surface area contributed by atoms with Gasteiger partial charge in [-0.1, -0.05) is 30.3 Å². The molecule has 0 atom stereocenters. The van der Waals surface area contributed by atoms with Crippen LogP contribution in [0.25, 0.3) is 10.8 Å². The fourth-order valence-corrected chi connectivity index (χ4v) is 2.99. The molecule has 2 N–H and O–H groups in total. The van der Waals surface area contributed by atoms with Crippen molar-refractivity contribution in [2.75, 3.05) is 33.9 Å². The smallest absolute Gasteiger partial charge is 0.281 e. The molecule has 0 fully saturated rings. The predicted octanol–water partition coefficient (Wildman–Crippen LogP) is 3.09. The van der Waals surface area contributed by atoms with Crippen molar-refractivity contribution in [1.82, 2.24) is 9.91 Å². The lowest BCUT2D eigenvalue weighted by molar-refractivity contribution is -0.131. The van der Waals surface area contributed by atoms with Crippen molar-refractivity contribution >= 4 is 22.6 Å². The van der Waals surface area contributed by atoms with Crippen molar-refractivity contribution in [3.8, 4) is 11.5 Å². The first-order valence-electron chi connectivity index (χ1n) is 10.1. The Balaban J connectivity index is 1.51. The van der Waals surface area contributed by atoms with Crippen molar-refractivity contribution in [3.05, 3.63) is 72.3 Å². The number of imide groups is 1. The van der Waals surface area contributed by atoms with Gasteiger partial charge in [-0.05, 0) is 67.7 Å². The highest BCUT2D eigenvalue weighted by Crippen LogP contribution is 2.20. The van der Waals surface area contributed by atoms with E-state index in [0.717, 1.165) is 23.7 Å². The monoisotopic (exact) mass is 421 g/mol. The minimum absolute atomic E-state index is 0.294. The van der Waals surface area contributed by atoms with Crippen LogP contribution in [0.2, 0.25) is 0 Å². The Labute approximate surface area is 181 Å². The van der Waals surface area contributed by atoms with E-state index in [0.29, 0.717) is 28.7 Å². The lowest BCUT2D eigenvalue weighted by atomic mass is 10.1. The zero-order valence-corrected chi connectivity index (χ0v) is 17.8. The average Bonchev–Trinajstić information content (AvgIpc) is 2.79. The Kier molecular flexibility index (Phi) is 7.59. The van der Waals surface area contributed by atoms with Crippen LogP contribution in [0.5, 0.6) is 11.5 Å². The summed E-state index contributed by atoms with van der Waals surface area (Å²) >= 11 is 0. The SMILES string of the molecule is CN(C)CCCOc1ccc(C(=O)N(N)C(=O)COc2ccc3ccccc3c2)cc1. The number of benzene rings is 3. The van der Waals surface area contributed by atoms with E-state index in [2.05, 4.69) is 4.90 Å². The first kappa shape index (κ1) is 22.3. The summed E-state index contributed by atoms with van der Waals surface area (Å²) in [5.41, 5.74) is 0.294. The van der Waals surface area contributed by atoms with Crippen LogP contribution >= 0.6 is 0 Å². The Morgan fingerprint density at radius 2 is 1.55 bits per heavy atom. The first-order valence-corrected chi connectivity index (χ1v) is 10.1. The molecule has 0 unspecified atom stereocenters. The van der Waals surface area contributed by atoms with E-state index >= 15 is 0 Å². The normalized spacial score (nSPS) is 10.8. The summed E-state index contributed by atoms with van der Waals surface area (Å²) < 4.78 is 11.2. The van der Waals surface area contributed by atoms with Gasteiger partial charge in [-0.3, -0.25) is 9.59 Å². The third-order valence-corrected chi connectivity index (χ3v) is 4.69. The van der Waals surface area contributed by atoms with Crippen LogP contribution in [0.4, 0.5) is 0 Å². The standard InChI is InChI=1S/C24H27N3O4/c1-26(2)14-5-15-30-21-11-9-19(10-12-21)24(29)27(25)23(28)17-31-22-13-8-18-6-3-4-7-20(18)16-22/h3-4,6-13,16H,5,14-15,17,25H2,1-2H3. The maximum absolute atomic E-state index is 12.5. The maximum atomic E-state index is 12.5. The second kappa shape index (κ2) is 10.6. The zero-order chi connectivity index (χ0) is 22.2. The van der Waals surface area contributed by atoms with Crippen LogP contribution in [-0.2, 0) is 4.79 Å². The van der Waals surface area contributed by atoms with Crippen LogP contribution in [0.1, 0.15) is 16.8 Å². The number of hydrogen-bond donors (Lipinski definition) is 1. The first-order chi connectivity index (χ1) is 14.9. The van der Waals surface area contributed by atoms with Crippen molar-refractivity contribution < 1.29 is 19.1 Å². The van der Waals surface area contributed by atoms with Crippen LogP contribution in [0, 0.1) is 0 Å². The number of fused-ring (bicyclic) bond motifs is 1. The number of nitrogens with two attached hydrogens (primary N) is 1. The largest absolute Gasteiger partial charge is 0.494 e. The Morgan fingerprint density at radius 3 is 2.26 bits per heavy atom. The fourth-order valence-electron chi connectivity index (χ4n) is 2.99. The van der Waals surface area contributed by atoms with E-state index in [1.54, 1.807) is 30.3 Å². The van der Waals surface area contributed by atoms with E-state index in [1.165, 1.54) is 0 Å². The molecule has 3 rings (SSSR count). The molecule has 0 radical (unpaired) electrons. The van der Waals surface area contributed by atoms with Gasteiger partial charge in [0.1, 0.15) is 11.5 Å². The summed E-state index contributed by atoms with van der Waals surface area (Å²) in [6.45, 7) is 1.18. The summed E-state index contributed by atoms with van der Waals surface area (Å²) in [5, 5.41) is 2.65. The van der Waals surface area contributed by atoms with Crippen LogP contribution < -0.4 is 15.3 Å². The second-order valence-electron chi connectivity index (χ2n) is 7.40. The maximum Gasteiger partial charge on any atom is 0.281 e. The molecule has 0 aliphatic carbocycles. The molecular formula is C24H27N3O4. The molecule has 0 heterocycles. The Morgan fingerprint density at radius 1 is 0.871 bits per heavy atom. The molecule has 2 amide bonds. The number of nitrogens with zero attached hydrogens (tertiary/aromatic N) is 2. The molecule has 0 aliphatic rings. The van der Waals surface area contributed by atoms with Crippen LogP contribution in [0.3, 0.4) is 0 Å². The summed E-state index contributed by atoms with van der Waals surface area (Å²) in [4.78, 5) is 26.9. The number of carbonyl (C=O) groups excluding carboxylic acids is 2. The van der Waals surface area contributed by atoms with Gasteiger partial charge in [0.25, 0.3) is 11.8 Å². The van der Waals surface area contributed by atoms with E-state index in [4.69, 9.17) is 15.3 Å².